The fourth-order valence-electron chi connectivity index (χ4n) is 23.4. The molecule has 0 aliphatic carbocycles. The summed E-state index contributed by atoms with van der Waals surface area (Å²) in [6, 6.07) is 190. The van der Waals surface area contributed by atoms with E-state index in [1.54, 1.807) is 0 Å². The molecule has 0 N–H and O–H groups in total. The molecule has 0 saturated carbocycles. The van der Waals surface area contributed by atoms with Crippen molar-refractivity contribution in [2.45, 2.75) is 62.2 Å². The van der Waals surface area contributed by atoms with Crippen molar-refractivity contribution in [1.82, 2.24) is 0 Å². The number of nitrogens with zero attached hydrogens (tertiary/aromatic N) is 5. The van der Waals surface area contributed by atoms with Crippen LogP contribution in [-0.4, -0.2) is 13.4 Å². The first-order chi connectivity index (χ1) is 70.8. The number of hydrogen-bond donors (Lipinski definition) is 0. The lowest BCUT2D eigenvalue weighted by Crippen LogP contribution is -2.64. The van der Waals surface area contributed by atoms with E-state index in [1.807, 2.05) is 11.8 Å². The van der Waals surface area contributed by atoms with Crippen molar-refractivity contribution in [3.05, 3.63) is 515 Å². The Hall–Kier alpha value is -17.2. The van der Waals surface area contributed by atoms with E-state index in [0.717, 1.165) is 158 Å². The highest BCUT2D eigenvalue weighted by atomic mass is 32.2. The Morgan fingerprint density at radius 1 is 0.208 bits per heavy atom. The van der Waals surface area contributed by atoms with Crippen LogP contribution in [0, 0.1) is 0 Å². The summed E-state index contributed by atoms with van der Waals surface area (Å²) < 4.78 is 0. The topological polar surface area (TPSA) is 16.2 Å². The van der Waals surface area contributed by atoms with Crippen LogP contribution in [0.15, 0.2) is 513 Å². The van der Waals surface area contributed by atoms with E-state index in [2.05, 4.69) is 570 Å². The Morgan fingerprint density at radius 3 is 1.02 bits per heavy atom. The second kappa shape index (κ2) is 35.6. The van der Waals surface area contributed by atoms with E-state index >= 15 is 0 Å². The van der Waals surface area contributed by atoms with Gasteiger partial charge in [-0.3, -0.25) is 0 Å². The van der Waals surface area contributed by atoms with Gasteiger partial charge in [0.15, 0.2) is 0 Å². The molecule has 0 saturated heterocycles. The molecule has 22 aromatic carbocycles. The first-order valence-corrected chi connectivity index (χ1v) is 51.1. The number of para-hydroxylation sites is 8. The molecule has 0 spiro atoms. The third-order valence-electron chi connectivity index (χ3n) is 30.0. The minimum absolute atomic E-state index is 0.107. The van der Waals surface area contributed by atoms with Crippen molar-refractivity contribution >= 4 is 165 Å². The molecule has 4 aliphatic heterocycles. The molecule has 4 heterocycles. The van der Waals surface area contributed by atoms with Gasteiger partial charge in [-0.2, -0.15) is 0 Å². The van der Waals surface area contributed by atoms with Crippen LogP contribution >= 0.6 is 11.8 Å². The van der Waals surface area contributed by atoms with Gasteiger partial charge in [-0.05, 0) is 217 Å². The van der Waals surface area contributed by atoms with Crippen molar-refractivity contribution in [2.75, 3.05) is 24.5 Å². The monoisotopic (exact) mass is 1860 g/mol. The molecule has 144 heavy (non-hydrogen) atoms. The van der Waals surface area contributed by atoms with Crippen LogP contribution in [0.2, 0.25) is 0 Å². The molecule has 0 radical (unpaired) electrons. The van der Waals surface area contributed by atoms with Crippen LogP contribution in [0.3, 0.4) is 0 Å². The van der Waals surface area contributed by atoms with E-state index in [1.165, 1.54) is 91.9 Å². The number of benzene rings is 22. The summed E-state index contributed by atoms with van der Waals surface area (Å²) in [6.07, 6.45) is 0. The maximum absolute atomic E-state index is 2.76. The molecule has 0 bridgehead atoms. The van der Waals surface area contributed by atoms with Gasteiger partial charge in [-0.1, -0.05) is 471 Å². The minimum atomic E-state index is -0.333. The molecule has 8 heteroatoms. The fraction of sp³-hybridized carbons (Fsp3) is 0.0588. The second-order valence-corrected chi connectivity index (χ2v) is 41.5. The Bertz CT molecular complexity index is 8530. The predicted octanol–water partition coefficient (Wildman–Crippen LogP) is 33.7. The lowest BCUT2D eigenvalue weighted by Gasteiger charge is -2.47. The lowest BCUT2D eigenvalue weighted by atomic mass is 9.31. The standard InChI is InChI=1S/C136H101B2N5S/c1-135(2,3)98-78-72-94(73-79-98)108-62-41-63-109(95-74-80-99(81-75-95)136(4,5)6)134(108)143-124-89-128-117(88-116(124)137-115-65-34-40-71-123(115)142(121-69-38-32-57-107(121)93-48-19-10-20-49-93)125-84-102(85-126(143)132(125)137)139(100-52-23-12-24-53-100)118-66-35-29-54-104(118)90-42-13-7-14-43-90)138-114-64-33-39-70-122(114)140(101-82-76-97(77-83-101)131-112-60-27-25-58-110(112)130(96-50-21-11-22-51-96)111-59-26-28-61-113(111)131)127-86-103(87-129(144-128)133(127)138)141(119-67-36-30-55-105(119)91-44-15-8-16-45-91)120-68-37-31-56-106(120)92-46-17-9-18-47-92/h7-89H,1-6H3. The molecule has 0 unspecified atom stereocenters. The largest absolute Gasteiger partial charge is 0.311 e. The second-order valence-electron chi connectivity index (χ2n) is 40.5. The van der Waals surface area contributed by atoms with E-state index in [-0.39, 0.29) is 24.3 Å². The Balaban J connectivity index is 0.777. The van der Waals surface area contributed by atoms with Crippen LogP contribution in [-0.2, 0) is 10.8 Å². The van der Waals surface area contributed by atoms with Crippen LogP contribution in [0.1, 0.15) is 52.7 Å². The zero-order valence-corrected chi connectivity index (χ0v) is 82.0. The fourth-order valence-corrected chi connectivity index (χ4v) is 24.6. The summed E-state index contributed by atoms with van der Waals surface area (Å²) in [5.41, 5.74) is 44.1. The van der Waals surface area contributed by atoms with Gasteiger partial charge < -0.3 is 24.5 Å². The molecule has 0 amide bonds. The minimum Gasteiger partial charge on any atom is -0.311 e. The molecule has 682 valence electrons. The highest BCUT2D eigenvalue weighted by Gasteiger charge is 2.49. The summed E-state index contributed by atoms with van der Waals surface area (Å²) >= 11 is 1.92. The first kappa shape index (κ1) is 87.1. The third kappa shape index (κ3) is 14.9. The molecule has 0 atom stereocenters. The van der Waals surface area contributed by atoms with Crippen molar-refractivity contribution in [2.24, 2.45) is 0 Å². The van der Waals surface area contributed by atoms with Crippen LogP contribution in [0.4, 0.5) is 85.3 Å². The normalized spacial score (nSPS) is 12.7. The zero-order valence-electron chi connectivity index (χ0n) is 81.2. The molecule has 26 rings (SSSR count). The first-order valence-electron chi connectivity index (χ1n) is 50.2. The molecular weight excluding hydrogens is 1760 g/mol. The number of anilines is 15. The van der Waals surface area contributed by atoms with Crippen molar-refractivity contribution in [1.29, 1.82) is 0 Å². The van der Waals surface area contributed by atoms with Gasteiger partial charge in [-0.25, -0.2) is 0 Å². The summed E-state index contributed by atoms with van der Waals surface area (Å²) in [7, 11) is 0. The van der Waals surface area contributed by atoms with Gasteiger partial charge in [0.2, 0.25) is 6.71 Å². The van der Waals surface area contributed by atoms with E-state index in [4.69, 9.17) is 0 Å². The van der Waals surface area contributed by atoms with Gasteiger partial charge >= 0.3 is 0 Å². The summed E-state index contributed by atoms with van der Waals surface area (Å²) in [5.74, 6) is 0. The van der Waals surface area contributed by atoms with Crippen molar-refractivity contribution in [3.63, 3.8) is 0 Å². The van der Waals surface area contributed by atoms with E-state index in [0.29, 0.717) is 0 Å². The molecule has 0 fully saturated rings. The van der Waals surface area contributed by atoms with Crippen LogP contribution < -0.4 is 57.3 Å². The summed E-state index contributed by atoms with van der Waals surface area (Å²) in [4.78, 5) is 15.5. The maximum Gasteiger partial charge on any atom is 0.252 e. The summed E-state index contributed by atoms with van der Waals surface area (Å²) in [5, 5.41) is 4.88. The van der Waals surface area contributed by atoms with Crippen molar-refractivity contribution in [3.8, 4) is 89.0 Å². The van der Waals surface area contributed by atoms with Gasteiger partial charge in [0, 0.05) is 94.4 Å². The van der Waals surface area contributed by atoms with Gasteiger partial charge in [0.1, 0.15) is 0 Å². The smallest absolute Gasteiger partial charge is 0.252 e. The predicted molar refractivity (Wildman–Crippen MR) is 616 cm³/mol. The quantitative estimate of drug-likeness (QED) is 0.0662. The number of hydrogen-bond acceptors (Lipinski definition) is 6. The zero-order chi connectivity index (χ0) is 96.4. The highest BCUT2D eigenvalue weighted by molar-refractivity contribution is 8.00. The highest BCUT2D eigenvalue weighted by Crippen LogP contribution is 2.58. The lowest BCUT2D eigenvalue weighted by molar-refractivity contribution is 0.590. The van der Waals surface area contributed by atoms with Crippen LogP contribution in [0.25, 0.3) is 111 Å². The number of rotatable bonds is 17. The van der Waals surface area contributed by atoms with E-state index in [9.17, 15) is 0 Å². The Morgan fingerprint density at radius 2 is 0.549 bits per heavy atom. The molecular formula is C136H101B2N5S. The SMILES string of the molecule is CC(C)(C)c1ccc(-c2cccc(-c3ccc(C(C)(C)C)cc3)c2N2c3cc4c(cc3B3c5ccccc5N(c5ccccc5-c5ccccc5)c5cc(N(c6ccccc6)c6ccccc6-c6ccccc6)cc2c53)B2c3ccccc3N(c3ccc(-c5c6ccccc6c(-c6ccccc6)c6ccccc56)cc3)c3cc(N(c5ccccc5-c5ccccc5)c5ccccc5-c5ccccc5)cc(c32)S4)cc1. The molecule has 4 aliphatic rings. The molecule has 5 nitrogen and oxygen atoms in total. The molecule has 0 aromatic heterocycles. The van der Waals surface area contributed by atoms with Gasteiger partial charge in [0.05, 0.1) is 34.1 Å². The van der Waals surface area contributed by atoms with E-state index < -0.39 is 0 Å². The average Bonchev–Trinajstić information content (AvgIpc) is 0.639. The van der Waals surface area contributed by atoms with Crippen LogP contribution in [0.5, 0.6) is 0 Å². The van der Waals surface area contributed by atoms with Crippen molar-refractivity contribution < 1.29 is 0 Å². The number of fused-ring (bicyclic) bond motifs is 10. The molecule has 22 aromatic rings. The van der Waals surface area contributed by atoms with Gasteiger partial charge in [0.25, 0.3) is 6.71 Å². The average molecular weight is 1860 g/mol. The maximum atomic E-state index is 2.76. The summed E-state index contributed by atoms with van der Waals surface area (Å²) in [6.45, 7) is 13.3. The third-order valence-corrected chi connectivity index (χ3v) is 31.1. The van der Waals surface area contributed by atoms with Gasteiger partial charge in [-0.15, -0.1) is 0 Å². The Labute approximate surface area is 848 Å². The Kier molecular flexibility index (Phi) is 21.5.